The van der Waals surface area contributed by atoms with E-state index in [1.54, 1.807) is 0 Å². The number of nitrogens with zero attached hydrogens (tertiary/aromatic N) is 4. The van der Waals surface area contributed by atoms with Gasteiger partial charge in [-0.2, -0.15) is 5.10 Å². The van der Waals surface area contributed by atoms with Crippen molar-refractivity contribution < 1.29 is 0 Å². The van der Waals surface area contributed by atoms with Crippen molar-refractivity contribution in [3.63, 3.8) is 0 Å². The Hall–Kier alpha value is -2.43. The van der Waals surface area contributed by atoms with Crippen LogP contribution in [0.3, 0.4) is 0 Å². The van der Waals surface area contributed by atoms with E-state index >= 15 is 0 Å². The number of fused-ring (bicyclic) bond motifs is 1. The fourth-order valence-electron chi connectivity index (χ4n) is 2.83. The molecule has 5 nitrogen and oxygen atoms in total. The molecule has 0 saturated heterocycles. The van der Waals surface area contributed by atoms with Crippen LogP contribution in [0.25, 0.3) is 16.7 Å². The molecule has 1 saturated carbocycles. The van der Waals surface area contributed by atoms with Crippen molar-refractivity contribution in [2.24, 2.45) is 5.92 Å². The van der Waals surface area contributed by atoms with Crippen LogP contribution < -0.4 is 5.32 Å². The number of nitrogens with one attached hydrogen (secondary N) is 1. The molecular formula is C18H21N5. The predicted molar refractivity (Wildman–Crippen MR) is 92.0 cm³/mol. The summed E-state index contributed by atoms with van der Waals surface area (Å²) in [6.45, 7) is 5.10. The predicted octanol–water partition coefficient (Wildman–Crippen LogP) is 3.51. The number of hydrogen-bond acceptors (Lipinski definition) is 4. The number of benzene rings is 1. The van der Waals surface area contributed by atoms with E-state index in [2.05, 4.69) is 24.4 Å². The Morgan fingerprint density at radius 2 is 1.96 bits per heavy atom. The van der Waals surface area contributed by atoms with Gasteiger partial charge in [0.2, 0.25) is 0 Å². The first-order chi connectivity index (χ1) is 11.3. The van der Waals surface area contributed by atoms with E-state index in [-0.39, 0.29) is 0 Å². The number of anilines is 1. The van der Waals surface area contributed by atoms with E-state index in [9.17, 15) is 0 Å². The summed E-state index contributed by atoms with van der Waals surface area (Å²) in [5, 5.41) is 9.27. The first-order valence-corrected chi connectivity index (χ1v) is 8.31. The second kappa shape index (κ2) is 5.65. The highest BCUT2D eigenvalue weighted by Gasteiger charge is 2.23. The minimum Gasteiger partial charge on any atom is -0.369 e. The number of rotatable bonds is 5. The third-order valence-electron chi connectivity index (χ3n) is 4.32. The van der Waals surface area contributed by atoms with E-state index in [0.717, 1.165) is 52.9 Å². The van der Waals surface area contributed by atoms with Crippen LogP contribution in [-0.4, -0.2) is 26.3 Å². The van der Waals surface area contributed by atoms with Crippen molar-refractivity contribution >= 4 is 16.9 Å². The van der Waals surface area contributed by atoms with Gasteiger partial charge in [0.05, 0.1) is 16.8 Å². The molecule has 1 fully saturated rings. The van der Waals surface area contributed by atoms with Gasteiger partial charge in [-0.05, 0) is 37.8 Å². The van der Waals surface area contributed by atoms with Crippen LogP contribution in [0, 0.1) is 12.8 Å². The third-order valence-corrected chi connectivity index (χ3v) is 4.32. The molecule has 5 heteroatoms. The molecule has 0 radical (unpaired) electrons. The van der Waals surface area contributed by atoms with E-state index in [0.29, 0.717) is 0 Å². The van der Waals surface area contributed by atoms with E-state index < -0.39 is 0 Å². The second-order valence-electron chi connectivity index (χ2n) is 6.20. The van der Waals surface area contributed by atoms with E-state index in [1.807, 2.05) is 29.8 Å². The molecule has 2 heterocycles. The summed E-state index contributed by atoms with van der Waals surface area (Å²) >= 11 is 0. The van der Waals surface area contributed by atoms with Gasteiger partial charge in [0, 0.05) is 13.0 Å². The van der Waals surface area contributed by atoms with Crippen molar-refractivity contribution in [3.8, 4) is 5.69 Å². The Bertz CT molecular complexity index is 833. The van der Waals surface area contributed by atoms with Crippen molar-refractivity contribution in [2.75, 3.05) is 11.9 Å². The van der Waals surface area contributed by atoms with Gasteiger partial charge in [0.15, 0.2) is 5.65 Å². The molecule has 0 bridgehead atoms. The molecule has 0 spiro atoms. The zero-order valence-electron chi connectivity index (χ0n) is 13.6. The van der Waals surface area contributed by atoms with E-state index in [1.165, 1.54) is 12.8 Å². The minimum atomic E-state index is 0.801. The summed E-state index contributed by atoms with van der Waals surface area (Å²) in [7, 11) is 0. The molecule has 1 aliphatic rings. The highest BCUT2D eigenvalue weighted by Crippen LogP contribution is 2.31. The number of hydrogen-bond donors (Lipinski definition) is 1. The number of aryl methyl sites for hydroxylation is 2. The summed E-state index contributed by atoms with van der Waals surface area (Å²) in [5.41, 5.74) is 2.88. The topological polar surface area (TPSA) is 55.6 Å². The number of para-hydroxylation sites is 1. The smallest absolute Gasteiger partial charge is 0.168 e. The molecule has 0 amide bonds. The fraction of sp³-hybridized carbons (Fsp3) is 0.389. The number of aromatic nitrogens is 4. The molecule has 4 rings (SSSR count). The lowest BCUT2D eigenvalue weighted by Crippen LogP contribution is -2.08. The largest absolute Gasteiger partial charge is 0.369 e. The van der Waals surface area contributed by atoms with Gasteiger partial charge in [-0.15, -0.1) is 0 Å². The summed E-state index contributed by atoms with van der Waals surface area (Å²) in [4.78, 5) is 9.46. The third kappa shape index (κ3) is 2.67. The molecular weight excluding hydrogens is 286 g/mol. The summed E-state index contributed by atoms with van der Waals surface area (Å²) in [5.74, 6) is 2.58. The van der Waals surface area contributed by atoms with E-state index in [4.69, 9.17) is 15.1 Å². The van der Waals surface area contributed by atoms with Crippen LogP contribution in [-0.2, 0) is 6.42 Å². The monoisotopic (exact) mass is 307 g/mol. The van der Waals surface area contributed by atoms with Crippen molar-refractivity contribution in [1.29, 1.82) is 0 Å². The highest BCUT2D eigenvalue weighted by molar-refractivity contribution is 5.90. The lowest BCUT2D eigenvalue weighted by Gasteiger charge is -2.09. The highest BCUT2D eigenvalue weighted by atomic mass is 15.3. The molecule has 1 aromatic carbocycles. The normalized spacial score (nSPS) is 14.3. The van der Waals surface area contributed by atoms with Crippen LogP contribution in [0.4, 0.5) is 5.82 Å². The SMILES string of the molecule is CCc1nc(NCC2CC2)c2c(C)nn(-c3ccccc3)c2n1. The maximum absolute atomic E-state index is 4.74. The van der Waals surface area contributed by atoms with Crippen LogP contribution in [0.1, 0.15) is 31.3 Å². The maximum Gasteiger partial charge on any atom is 0.168 e. The lowest BCUT2D eigenvalue weighted by atomic mass is 10.2. The van der Waals surface area contributed by atoms with Crippen molar-refractivity contribution in [3.05, 3.63) is 41.9 Å². The van der Waals surface area contributed by atoms with Gasteiger partial charge in [-0.25, -0.2) is 14.6 Å². The quantitative estimate of drug-likeness (QED) is 0.783. The maximum atomic E-state index is 4.74. The van der Waals surface area contributed by atoms with Crippen LogP contribution in [0.15, 0.2) is 30.3 Å². The Morgan fingerprint density at radius 1 is 1.17 bits per heavy atom. The minimum absolute atomic E-state index is 0.801. The van der Waals surface area contributed by atoms with Crippen molar-refractivity contribution in [2.45, 2.75) is 33.1 Å². The molecule has 0 unspecified atom stereocenters. The van der Waals surface area contributed by atoms with Crippen molar-refractivity contribution in [1.82, 2.24) is 19.7 Å². The molecule has 0 atom stereocenters. The van der Waals surface area contributed by atoms with Crippen LogP contribution in [0.2, 0.25) is 0 Å². The molecule has 0 aliphatic heterocycles. The van der Waals surface area contributed by atoms with Gasteiger partial charge in [-0.3, -0.25) is 0 Å². The standard InChI is InChI=1S/C18H21N5/c1-3-15-20-17(19-11-13-9-10-13)16-12(2)22-23(18(16)21-15)14-7-5-4-6-8-14/h4-8,13H,3,9-11H2,1-2H3,(H,19,20,21). The zero-order chi connectivity index (χ0) is 15.8. The Balaban J connectivity index is 1.87. The molecule has 118 valence electrons. The average molecular weight is 307 g/mol. The first-order valence-electron chi connectivity index (χ1n) is 8.31. The van der Waals surface area contributed by atoms with Crippen LogP contribution >= 0.6 is 0 Å². The molecule has 2 aromatic heterocycles. The van der Waals surface area contributed by atoms with Gasteiger partial charge in [-0.1, -0.05) is 25.1 Å². The fourth-order valence-corrected chi connectivity index (χ4v) is 2.83. The molecule has 1 N–H and O–H groups in total. The summed E-state index contributed by atoms with van der Waals surface area (Å²) in [6, 6.07) is 10.2. The molecule has 23 heavy (non-hydrogen) atoms. The second-order valence-corrected chi connectivity index (χ2v) is 6.20. The van der Waals surface area contributed by atoms with Gasteiger partial charge in [0.25, 0.3) is 0 Å². The lowest BCUT2D eigenvalue weighted by molar-refractivity contribution is 0.858. The molecule has 1 aliphatic carbocycles. The summed E-state index contributed by atoms with van der Waals surface area (Å²) in [6.07, 6.45) is 3.46. The van der Waals surface area contributed by atoms with Crippen LogP contribution in [0.5, 0.6) is 0 Å². The Morgan fingerprint density at radius 3 is 2.65 bits per heavy atom. The first kappa shape index (κ1) is 14.2. The Kier molecular flexibility index (Phi) is 3.48. The summed E-state index contributed by atoms with van der Waals surface area (Å²) < 4.78 is 1.92. The van der Waals surface area contributed by atoms with Gasteiger partial charge >= 0.3 is 0 Å². The molecule has 3 aromatic rings. The average Bonchev–Trinajstić information content (AvgIpc) is 3.36. The van der Waals surface area contributed by atoms with Gasteiger partial charge < -0.3 is 5.32 Å². The zero-order valence-corrected chi connectivity index (χ0v) is 13.6. The Labute approximate surface area is 135 Å². The van der Waals surface area contributed by atoms with Gasteiger partial charge in [0.1, 0.15) is 11.6 Å².